The van der Waals surface area contributed by atoms with E-state index in [9.17, 15) is 15.4 Å². The van der Waals surface area contributed by atoms with E-state index in [1.54, 1.807) is 24.3 Å². The molecule has 0 unspecified atom stereocenters. The van der Waals surface area contributed by atoms with Gasteiger partial charge in [-0.3, -0.25) is 10.1 Å². The Morgan fingerprint density at radius 2 is 2.00 bits per heavy atom. The van der Waals surface area contributed by atoms with Crippen LogP contribution in [0.2, 0.25) is 0 Å². The maximum absolute atomic E-state index is 10.8. The highest BCUT2D eigenvalue weighted by atomic mass is 79.9. The number of nitriles is 1. The zero-order valence-corrected chi connectivity index (χ0v) is 19.0. The van der Waals surface area contributed by atoms with Crippen LogP contribution in [0.15, 0.2) is 65.1 Å². The molecule has 0 saturated carbocycles. The van der Waals surface area contributed by atoms with E-state index in [0.717, 1.165) is 22.2 Å². The van der Waals surface area contributed by atoms with Gasteiger partial charge in [0.05, 0.1) is 33.1 Å². The smallest absolute Gasteiger partial charge is 0.269 e. The fourth-order valence-corrected chi connectivity index (χ4v) is 3.81. The molecule has 0 aliphatic carbocycles. The van der Waals surface area contributed by atoms with Crippen LogP contribution >= 0.6 is 15.9 Å². The number of non-ortho nitro benzene ring substituents is 1. The lowest BCUT2D eigenvalue weighted by Crippen LogP contribution is -1.99. The van der Waals surface area contributed by atoms with Crippen molar-refractivity contribution in [2.24, 2.45) is 0 Å². The molecular formula is C24H17BrN4O4. The molecule has 1 heterocycles. The quantitative estimate of drug-likeness (QED) is 0.191. The van der Waals surface area contributed by atoms with Gasteiger partial charge in [-0.1, -0.05) is 12.1 Å². The number of nitrogens with zero attached hydrogens (tertiary/aromatic N) is 3. The van der Waals surface area contributed by atoms with Crippen LogP contribution in [-0.2, 0) is 6.61 Å². The summed E-state index contributed by atoms with van der Waals surface area (Å²) < 4.78 is 12.0. The molecule has 8 nitrogen and oxygen atoms in total. The highest BCUT2D eigenvalue weighted by Gasteiger charge is 2.14. The third-order valence-electron chi connectivity index (χ3n) is 4.86. The number of fused-ring (bicyclic) bond motifs is 1. The summed E-state index contributed by atoms with van der Waals surface area (Å²) in [6.45, 7) is 0.199. The predicted molar refractivity (Wildman–Crippen MR) is 128 cm³/mol. The number of benzene rings is 3. The maximum Gasteiger partial charge on any atom is 0.269 e. The van der Waals surface area contributed by atoms with Crippen molar-refractivity contribution in [3.8, 4) is 17.6 Å². The summed E-state index contributed by atoms with van der Waals surface area (Å²) >= 11 is 3.51. The normalized spacial score (nSPS) is 11.2. The van der Waals surface area contributed by atoms with E-state index < -0.39 is 4.92 Å². The number of aromatic nitrogens is 2. The minimum absolute atomic E-state index is 0.0198. The molecule has 33 heavy (non-hydrogen) atoms. The van der Waals surface area contributed by atoms with Crippen molar-refractivity contribution in [1.29, 1.82) is 5.26 Å². The zero-order valence-electron chi connectivity index (χ0n) is 17.4. The Hall–Kier alpha value is -4.16. The molecule has 0 bridgehead atoms. The summed E-state index contributed by atoms with van der Waals surface area (Å²) in [5.41, 5.74) is 3.52. The van der Waals surface area contributed by atoms with Crippen molar-refractivity contribution >= 4 is 44.3 Å². The Labute approximate surface area is 197 Å². The van der Waals surface area contributed by atoms with E-state index in [-0.39, 0.29) is 12.3 Å². The van der Waals surface area contributed by atoms with Crippen molar-refractivity contribution in [2.45, 2.75) is 6.61 Å². The zero-order chi connectivity index (χ0) is 23.4. The van der Waals surface area contributed by atoms with Gasteiger partial charge in [0.25, 0.3) is 5.69 Å². The lowest BCUT2D eigenvalue weighted by molar-refractivity contribution is -0.384. The first-order valence-electron chi connectivity index (χ1n) is 9.79. The Morgan fingerprint density at radius 3 is 2.67 bits per heavy atom. The largest absolute Gasteiger partial charge is 0.493 e. The Bertz CT molecular complexity index is 1370. The second-order valence-corrected chi connectivity index (χ2v) is 7.87. The highest BCUT2D eigenvalue weighted by Crippen LogP contribution is 2.38. The molecule has 1 N–H and O–H groups in total. The molecule has 0 spiro atoms. The number of methoxy groups -OCH3 is 1. The van der Waals surface area contributed by atoms with E-state index in [1.165, 1.54) is 19.2 Å². The van der Waals surface area contributed by atoms with Crippen molar-refractivity contribution < 1.29 is 14.4 Å². The van der Waals surface area contributed by atoms with Gasteiger partial charge in [-0.05, 0) is 69.5 Å². The van der Waals surface area contributed by atoms with E-state index in [4.69, 9.17) is 9.47 Å². The number of H-pyrrole nitrogens is 1. The Kier molecular flexibility index (Phi) is 6.38. The van der Waals surface area contributed by atoms with Crippen molar-refractivity contribution in [3.05, 3.63) is 92.2 Å². The van der Waals surface area contributed by atoms with Crippen LogP contribution in [0.5, 0.6) is 11.5 Å². The van der Waals surface area contributed by atoms with Crippen LogP contribution in [0.3, 0.4) is 0 Å². The van der Waals surface area contributed by atoms with Crippen molar-refractivity contribution in [2.75, 3.05) is 7.11 Å². The van der Waals surface area contributed by atoms with Crippen LogP contribution in [0.1, 0.15) is 17.0 Å². The SMILES string of the molecule is COc1cc(C=C(C#N)c2nc3ccccc3[nH]2)cc(Br)c1OCc1ccc([N+](=O)[O-])cc1. The fourth-order valence-electron chi connectivity index (χ4n) is 3.23. The summed E-state index contributed by atoms with van der Waals surface area (Å²) in [6, 6.07) is 19.5. The molecule has 0 fully saturated rings. The standard InChI is InChI=1S/C24H17BrN4O4/c1-32-22-12-16(10-17(13-26)24-27-20-4-2-3-5-21(20)28-24)11-19(25)23(22)33-14-15-6-8-18(9-7-15)29(30)31/h2-12H,14H2,1H3,(H,27,28). The third kappa shape index (κ3) is 4.86. The number of rotatable bonds is 7. The molecule has 0 aliphatic heterocycles. The topological polar surface area (TPSA) is 114 Å². The number of nitro groups is 1. The van der Waals surface area contributed by atoms with Gasteiger partial charge >= 0.3 is 0 Å². The number of aromatic amines is 1. The molecule has 0 amide bonds. The molecule has 0 saturated heterocycles. The Morgan fingerprint density at radius 1 is 1.24 bits per heavy atom. The highest BCUT2D eigenvalue weighted by molar-refractivity contribution is 9.10. The van der Waals surface area contributed by atoms with E-state index in [0.29, 0.717) is 27.4 Å². The van der Waals surface area contributed by atoms with Crippen LogP contribution < -0.4 is 9.47 Å². The van der Waals surface area contributed by atoms with Crippen molar-refractivity contribution in [3.63, 3.8) is 0 Å². The average Bonchev–Trinajstić information content (AvgIpc) is 3.26. The average molecular weight is 505 g/mol. The summed E-state index contributed by atoms with van der Waals surface area (Å²) in [5, 5.41) is 20.5. The molecule has 0 atom stereocenters. The monoisotopic (exact) mass is 504 g/mol. The number of allylic oxidation sites excluding steroid dienone is 1. The van der Waals surface area contributed by atoms with E-state index in [2.05, 4.69) is 32.0 Å². The number of ether oxygens (including phenoxy) is 2. The molecule has 0 radical (unpaired) electrons. The predicted octanol–water partition coefficient (Wildman–Crippen LogP) is 5.89. The summed E-state index contributed by atoms with van der Waals surface area (Å²) in [4.78, 5) is 18.0. The van der Waals surface area contributed by atoms with Gasteiger partial charge < -0.3 is 14.5 Å². The van der Waals surface area contributed by atoms with Gasteiger partial charge in [0.15, 0.2) is 11.5 Å². The van der Waals surface area contributed by atoms with E-state index in [1.807, 2.05) is 30.3 Å². The molecule has 4 aromatic rings. The van der Waals surface area contributed by atoms with Gasteiger partial charge in [0.1, 0.15) is 18.5 Å². The second-order valence-electron chi connectivity index (χ2n) is 7.02. The molecule has 164 valence electrons. The van der Waals surface area contributed by atoms with Gasteiger partial charge in [-0.15, -0.1) is 0 Å². The first kappa shape index (κ1) is 22.0. The summed E-state index contributed by atoms with van der Waals surface area (Å²) in [6.07, 6.45) is 1.71. The summed E-state index contributed by atoms with van der Waals surface area (Å²) in [7, 11) is 1.53. The summed E-state index contributed by atoms with van der Waals surface area (Å²) in [5.74, 6) is 1.43. The number of imidazole rings is 1. The van der Waals surface area contributed by atoms with Gasteiger partial charge in [-0.2, -0.15) is 5.26 Å². The maximum atomic E-state index is 10.8. The minimum atomic E-state index is -0.447. The van der Waals surface area contributed by atoms with Gasteiger partial charge in [0.2, 0.25) is 0 Å². The number of para-hydroxylation sites is 2. The molecule has 1 aromatic heterocycles. The lowest BCUT2D eigenvalue weighted by atomic mass is 10.1. The van der Waals surface area contributed by atoms with Gasteiger partial charge in [0, 0.05) is 12.1 Å². The number of halogens is 1. The third-order valence-corrected chi connectivity index (χ3v) is 5.45. The molecule has 4 rings (SSSR count). The number of hydrogen-bond acceptors (Lipinski definition) is 6. The number of nitrogens with one attached hydrogen (secondary N) is 1. The van der Waals surface area contributed by atoms with Crippen molar-refractivity contribution in [1.82, 2.24) is 9.97 Å². The molecule has 9 heteroatoms. The van der Waals surface area contributed by atoms with E-state index >= 15 is 0 Å². The molecule has 0 aliphatic rings. The second kappa shape index (κ2) is 9.54. The van der Waals surface area contributed by atoms with Crippen LogP contribution in [0.25, 0.3) is 22.7 Å². The Balaban J connectivity index is 1.59. The van der Waals surface area contributed by atoms with Crippen LogP contribution in [0, 0.1) is 21.4 Å². The van der Waals surface area contributed by atoms with Crippen LogP contribution in [-0.4, -0.2) is 22.0 Å². The first-order valence-corrected chi connectivity index (χ1v) is 10.6. The molecule has 3 aromatic carbocycles. The first-order chi connectivity index (χ1) is 16.0. The minimum Gasteiger partial charge on any atom is -0.493 e. The lowest BCUT2D eigenvalue weighted by Gasteiger charge is -2.14. The number of hydrogen-bond donors (Lipinski definition) is 1. The van der Waals surface area contributed by atoms with Crippen LogP contribution in [0.4, 0.5) is 5.69 Å². The van der Waals surface area contributed by atoms with Gasteiger partial charge in [-0.25, -0.2) is 4.98 Å². The molecular weight excluding hydrogens is 488 g/mol. The number of nitro benzene ring substituents is 1. The fraction of sp³-hybridized carbons (Fsp3) is 0.0833.